The van der Waals surface area contributed by atoms with Gasteiger partial charge >= 0.3 is 0 Å². The first-order valence-electron chi connectivity index (χ1n) is 10.3. The Labute approximate surface area is 199 Å². The molecule has 1 fully saturated rings. The zero-order chi connectivity index (χ0) is 22.1. The molecule has 0 spiro atoms. The van der Waals surface area contributed by atoms with Crippen molar-refractivity contribution in [3.63, 3.8) is 0 Å². The minimum absolute atomic E-state index is 0.0508. The third-order valence-electron chi connectivity index (χ3n) is 5.47. The number of nitrogens with zero attached hydrogens (tertiary/aromatic N) is 4. The van der Waals surface area contributed by atoms with Crippen molar-refractivity contribution in [2.75, 3.05) is 26.3 Å². The molecule has 0 unspecified atom stereocenters. The summed E-state index contributed by atoms with van der Waals surface area (Å²) in [6.45, 7) is 3.98. The zero-order valence-electron chi connectivity index (χ0n) is 17.1. The first kappa shape index (κ1) is 21.6. The number of aromatic nitrogens is 3. The summed E-state index contributed by atoms with van der Waals surface area (Å²) >= 11 is 13.7. The van der Waals surface area contributed by atoms with Gasteiger partial charge in [-0.15, -0.1) is 11.3 Å². The molecule has 2 aromatic heterocycles. The molecule has 0 aliphatic carbocycles. The molecule has 5 rings (SSSR count). The van der Waals surface area contributed by atoms with Gasteiger partial charge in [0.15, 0.2) is 0 Å². The summed E-state index contributed by atoms with van der Waals surface area (Å²) in [5.74, 6) is 0.738. The summed E-state index contributed by atoms with van der Waals surface area (Å²) in [6.07, 6.45) is 0. The van der Waals surface area contributed by atoms with E-state index in [0.717, 1.165) is 35.2 Å². The molecule has 0 saturated carbocycles. The normalized spacial score (nSPS) is 14.8. The van der Waals surface area contributed by atoms with Gasteiger partial charge in [0.25, 0.3) is 5.56 Å². The van der Waals surface area contributed by atoms with Crippen LogP contribution in [0.3, 0.4) is 0 Å². The van der Waals surface area contributed by atoms with Gasteiger partial charge < -0.3 is 4.74 Å². The van der Waals surface area contributed by atoms with Crippen LogP contribution in [0.5, 0.6) is 0 Å². The van der Waals surface area contributed by atoms with Gasteiger partial charge in [-0.25, -0.2) is 9.97 Å². The Hall–Kier alpha value is -2.29. The molecule has 4 aromatic rings. The summed E-state index contributed by atoms with van der Waals surface area (Å²) < 4.78 is 7.21. The molecule has 0 amide bonds. The number of hydrogen-bond donors (Lipinski definition) is 0. The number of thiazole rings is 1. The van der Waals surface area contributed by atoms with Crippen molar-refractivity contribution in [2.24, 2.45) is 0 Å². The van der Waals surface area contributed by atoms with Crippen molar-refractivity contribution in [3.05, 3.63) is 79.1 Å². The predicted octanol–water partition coefficient (Wildman–Crippen LogP) is 4.71. The quantitative estimate of drug-likeness (QED) is 0.408. The smallest absolute Gasteiger partial charge is 0.261 e. The minimum Gasteiger partial charge on any atom is -0.379 e. The van der Waals surface area contributed by atoms with E-state index in [1.165, 1.54) is 11.3 Å². The number of benzene rings is 2. The van der Waals surface area contributed by atoms with Gasteiger partial charge in [0, 0.05) is 24.0 Å². The van der Waals surface area contributed by atoms with E-state index in [1.54, 1.807) is 16.7 Å². The van der Waals surface area contributed by atoms with Crippen molar-refractivity contribution < 1.29 is 4.74 Å². The van der Waals surface area contributed by atoms with Crippen LogP contribution in [0.4, 0.5) is 0 Å². The van der Waals surface area contributed by atoms with Gasteiger partial charge in [-0.2, -0.15) is 0 Å². The molecule has 1 aliphatic heterocycles. The minimum atomic E-state index is -0.0508. The molecule has 0 atom stereocenters. The lowest BCUT2D eigenvalue weighted by atomic mass is 10.2. The standard InChI is InChI=1S/C23H20Cl2N4O2S/c24-17-6-5-15(11-18(17)25)20-14-32-22(27-20)13-29-21(12-28-7-9-31-10-8-28)26-19-4-2-1-3-16(19)23(29)30/h1-6,11,14H,7-10,12-13H2. The highest BCUT2D eigenvalue weighted by Crippen LogP contribution is 2.29. The molecular weight excluding hydrogens is 467 g/mol. The van der Waals surface area contributed by atoms with Crippen molar-refractivity contribution in [1.82, 2.24) is 19.4 Å². The van der Waals surface area contributed by atoms with E-state index < -0.39 is 0 Å². The zero-order valence-corrected chi connectivity index (χ0v) is 19.5. The van der Waals surface area contributed by atoms with E-state index in [1.807, 2.05) is 35.7 Å². The molecule has 0 radical (unpaired) electrons. The lowest BCUT2D eigenvalue weighted by Gasteiger charge is -2.27. The van der Waals surface area contributed by atoms with Gasteiger partial charge in [0.1, 0.15) is 10.8 Å². The third-order valence-corrected chi connectivity index (χ3v) is 7.04. The second kappa shape index (κ2) is 9.29. The Morgan fingerprint density at radius 3 is 2.62 bits per heavy atom. The van der Waals surface area contributed by atoms with Crippen molar-refractivity contribution in [2.45, 2.75) is 13.1 Å². The molecule has 2 aromatic carbocycles. The largest absolute Gasteiger partial charge is 0.379 e. The maximum Gasteiger partial charge on any atom is 0.261 e. The number of morpholine rings is 1. The number of rotatable bonds is 5. The van der Waals surface area contributed by atoms with E-state index in [2.05, 4.69) is 4.90 Å². The molecule has 0 N–H and O–H groups in total. The Balaban J connectivity index is 1.50. The number of halogens is 2. The lowest BCUT2D eigenvalue weighted by Crippen LogP contribution is -2.38. The van der Waals surface area contributed by atoms with Crippen LogP contribution in [0.25, 0.3) is 22.2 Å². The van der Waals surface area contributed by atoms with Gasteiger partial charge in [-0.1, -0.05) is 41.4 Å². The first-order chi connectivity index (χ1) is 15.6. The van der Waals surface area contributed by atoms with E-state index >= 15 is 0 Å². The molecule has 0 bridgehead atoms. The van der Waals surface area contributed by atoms with Crippen molar-refractivity contribution >= 4 is 45.4 Å². The van der Waals surface area contributed by atoms with E-state index in [0.29, 0.717) is 47.3 Å². The third kappa shape index (κ3) is 4.44. The summed E-state index contributed by atoms with van der Waals surface area (Å²) in [6, 6.07) is 12.9. The lowest BCUT2D eigenvalue weighted by molar-refractivity contribution is 0.0325. The predicted molar refractivity (Wildman–Crippen MR) is 129 cm³/mol. The highest BCUT2D eigenvalue weighted by Gasteiger charge is 2.18. The fraction of sp³-hybridized carbons (Fsp3) is 0.261. The monoisotopic (exact) mass is 486 g/mol. The first-order valence-corrected chi connectivity index (χ1v) is 11.9. The van der Waals surface area contributed by atoms with Gasteiger partial charge in [-0.3, -0.25) is 14.3 Å². The molecule has 1 saturated heterocycles. The van der Waals surface area contributed by atoms with E-state index in [9.17, 15) is 4.79 Å². The molecule has 32 heavy (non-hydrogen) atoms. The van der Waals surface area contributed by atoms with Crippen LogP contribution in [0.2, 0.25) is 10.0 Å². The van der Waals surface area contributed by atoms with E-state index in [4.69, 9.17) is 37.9 Å². The molecule has 164 valence electrons. The second-order valence-electron chi connectivity index (χ2n) is 7.58. The summed E-state index contributed by atoms with van der Waals surface area (Å²) in [5.41, 5.74) is 2.36. The van der Waals surface area contributed by atoms with Crippen LogP contribution < -0.4 is 5.56 Å². The van der Waals surface area contributed by atoms with E-state index in [-0.39, 0.29) is 5.56 Å². The van der Waals surface area contributed by atoms with Crippen LogP contribution >= 0.6 is 34.5 Å². The second-order valence-corrected chi connectivity index (χ2v) is 9.34. The maximum atomic E-state index is 13.4. The average Bonchev–Trinajstić information content (AvgIpc) is 3.28. The van der Waals surface area contributed by atoms with Crippen LogP contribution in [0.1, 0.15) is 10.8 Å². The Morgan fingerprint density at radius 1 is 1.00 bits per heavy atom. The maximum absolute atomic E-state index is 13.4. The Kier molecular flexibility index (Phi) is 6.26. The van der Waals surface area contributed by atoms with Gasteiger partial charge in [0.05, 0.1) is 52.9 Å². The molecule has 3 heterocycles. The summed E-state index contributed by atoms with van der Waals surface area (Å²) in [4.78, 5) is 25.2. The number of fused-ring (bicyclic) bond motifs is 1. The highest BCUT2D eigenvalue weighted by atomic mass is 35.5. The van der Waals surface area contributed by atoms with Crippen LogP contribution in [-0.4, -0.2) is 45.7 Å². The fourth-order valence-electron chi connectivity index (χ4n) is 3.76. The number of hydrogen-bond acceptors (Lipinski definition) is 6. The van der Waals surface area contributed by atoms with Gasteiger partial charge in [0.2, 0.25) is 0 Å². The topological polar surface area (TPSA) is 60.3 Å². The van der Waals surface area contributed by atoms with Gasteiger partial charge in [-0.05, 0) is 24.3 Å². The Morgan fingerprint density at radius 2 is 1.81 bits per heavy atom. The number of para-hydroxylation sites is 1. The van der Waals surface area contributed by atoms with Crippen LogP contribution in [0, 0.1) is 0 Å². The fourth-order valence-corrected chi connectivity index (χ4v) is 4.85. The summed E-state index contributed by atoms with van der Waals surface area (Å²) in [5, 5.41) is 4.40. The van der Waals surface area contributed by atoms with Crippen LogP contribution in [-0.2, 0) is 17.8 Å². The molecule has 9 heteroatoms. The molecular formula is C23H20Cl2N4O2S. The van der Waals surface area contributed by atoms with Crippen LogP contribution in [0.15, 0.2) is 52.6 Å². The summed E-state index contributed by atoms with van der Waals surface area (Å²) in [7, 11) is 0. The number of ether oxygens (including phenoxy) is 1. The highest BCUT2D eigenvalue weighted by molar-refractivity contribution is 7.09. The van der Waals surface area contributed by atoms with Crippen molar-refractivity contribution in [1.29, 1.82) is 0 Å². The molecule has 6 nitrogen and oxygen atoms in total. The average molecular weight is 487 g/mol. The SMILES string of the molecule is O=c1c2ccccc2nc(CN2CCOCC2)n1Cc1nc(-c2ccc(Cl)c(Cl)c2)cs1. The molecule has 1 aliphatic rings. The van der Waals surface area contributed by atoms with Crippen molar-refractivity contribution in [3.8, 4) is 11.3 Å². The Bertz CT molecular complexity index is 1330.